The van der Waals surface area contributed by atoms with E-state index in [4.69, 9.17) is 14.9 Å². The summed E-state index contributed by atoms with van der Waals surface area (Å²) >= 11 is 0. The molecule has 0 bridgehead atoms. The van der Waals surface area contributed by atoms with E-state index in [1.807, 2.05) is 31.3 Å². The summed E-state index contributed by atoms with van der Waals surface area (Å²) in [6, 6.07) is 14.7. The number of ether oxygens (including phenoxy) is 1. The molecule has 1 atom stereocenters. The Hall–Kier alpha value is -4.43. The quantitative estimate of drug-likeness (QED) is 0.269. The number of hydrogen-bond acceptors (Lipinski definition) is 5. The van der Waals surface area contributed by atoms with Gasteiger partial charge in [0.25, 0.3) is 0 Å². The molecule has 0 saturated carbocycles. The SMILES string of the molecule is Cc1[nH]nc2cc(F)c(-c3cc(OCC(N)Cc4c[nH]c5ccccc45)cnc3-c3ccoc3)cc12. The smallest absolute Gasteiger partial charge is 0.138 e. The molecule has 0 aliphatic heterocycles. The molecule has 0 aliphatic rings. The zero-order chi connectivity index (χ0) is 24.6. The van der Waals surface area contributed by atoms with E-state index in [1.54, 1.807) is 36.9 Å². The van der Waals surface area contributed by atoms with Gasteiger partial charge in [-0.25, -0.2) is 4.39 Å². The number of fused-ring (bicyclic) bond motifs is 2. The largest absolute Gasteiger partial charge is 0.490 e. The van der Waals surface area contributed by atoms with Crippen LogP contribution in [0.3, 0.4) is 0 Å². The number of nitrogens with two attached hydrogens (primary N) is 1. The first-order valence-corrected chi connectivity index (χ1v) is 11.7. The minimum atomic E-state index is -0.395. The molecule has 4 heterocycles. The van der Waals surface area contributed by atoms with E-state index in [1.165, 1.54) is 6.07 Å². The molecule has 0 radical (unpaired) electrons. The number of aromatic nitrogens is 4. The summed E-state index contributed by atoms with van der Waals surface area (Å²) in [5.74, 6) is 0.115. The third-order valence-corrected chi connectivity index (χ3v) is 6.40. The average Bonchev–Trinajstić information content (AvgIpc) is 3.64. The standard InChI is InChI=1S/C28H24FN5O2/c1-16-22-10-23(25(29)11-27(22)34-33-16)24-9-20(13-32-28(24)17-6-7-35-14-17)36-15-19(30)8-18-12-31-26-5-3-2-4-21(18)26/h2-7,9-14,19,31H,8,15,30H2,1H3,(H,33,34). The number of hydrogen-bond donors (Lipinski definition) is 3. The maximum absolute atomic E-state index is 15.3. The van der Waals surface area contributed by atoms with E-state index in [2.05, 4.69) is 26.2 Å². The first kappa shape index (κ1) is 22.1. The summed E-state index contributed by atoms with van der Waals surface area (Å²) in [4.78, 5) is 7.88. The van der Waals surface area contributed by atoms with E-state index in [9.17, 15) is 0 Å². The lowest BCUT2D eigenvalue weighted by Gasteiger charge is -2.15. The fraction of sp³-hybridized carbons (Fsp3) is 0.143. The van der Waals surface area contributed by atoms with Crippen molar-refractivity contribution < 1.29 is 13.5 Å². The minimum absolute atomic E-state index is 0.233. The Balaban J connectivity index is 1.30. The molecule has 36 heavy (non-hydrogen) atoms. The van der Waals surface area contributed by atoms with Crippen LogP contribution in [0.1, 0.15) is 11.3 Å². The normalized spacial score (nSPS) is 12.4. The lowest BCUT2D eigenvalue weighted by molar-refractivity contribution is 0.287. The predicted molar refractivity (Wildman–Crippen MR) is 137 cm³/mol. The van der Waals surface area contributed by atoms with Crippen molar-refractivity contribution in [2.45, 2.75) is 19.4 Å². The molecule has 0 aliphatic carbocycles. The second-order valence-corrected chi connectivity index (χ2v) is 8.91. The van der Waals surface area contributed by atoms with E-state index >= 15 is 4.39 Å². The summed E-state index contributed by atoms with van der Waals surface area (Å²) in [5.41, 5.74) is 12.4. The molecule has 0 fully saturated rings. The molecule has 8 heteroatoms. The van der Waals surface area contributed by atoms with E-state index < -0.39 is 5.82 Å². The summed E-state index contributed by atoms with van der Waals surface area (Å²) in [5, 5.41) is 9.07. The van der Waals surface area contributed by atoms with Gasteiger partial charge in [-0.1, -0.05) is 18.2 Å². The van der Waals surface area contributed by atoms with Crippen LogP contribution >= 0.6 is 0 Å². The van der Waals surface area contributed by atoms with E-state index in [0.29, 0.717) is 34.5 Å². The Morgan fingerprint density at radius 2 is 2.00 bits per heavy atom. The molecule has 0 amide bonds. The van der Waals surface area contributed by atoms with Crippen molar-refractivity contribution in [2.24, 2.45) is 5.73 Å². The van der Waals surface area contributed by atoms with Crippen LogP contribution in [0.15, 0.2) is 77.9 Å². The molecule has 180 valence electrons. The number of furan rings is 1. The van der Waals surface area contributed by atoms with Crippen molar-refractivity contribution in [1.82, 2.24) is 20.2 Å². The van der Waals surface area contributed by atoms with Gasteiger partial charge in [-0.05, 0) is 43.2 Å². The maximum atomic E-state index is 15.3. The average molecular weight is 482 g/mol. The number of H-pyrrole nitrogens is 2. The van der Waals surface area contributed by atoms with Crippen molar-refractivity contribution >= 4 is 21.8 Å². The number of nitrogens with zero attached hydrogens (tertiary/aromatic N) is 2. The minimum Gasteiger partial charge on any atom is -0.490 e. The van der Waals surface area contributed by atoms with Gasteiger partial charge >= 0.3 is 0 Å². The number of aryl methyl sites for hydroxylation is 1. The number of rotatable bonds is 7. The summed E-state index contributed by atoms with van der Waals surface area (Å²) in [6.45, 7) is 2.19. The number of nitrogens with one attached hydrogen (secondary N) is 2. The molecule has 4 N–H and O–H groups in total. The van der Waals surface area contributed by atoms with Crippen molar-refractivity contribution in [3.8, 4) is 28.1 Å². The van der Waals surface area contributed by atoms with Crippen LogP contribution in [0.5, 0.6) is 5.75 Å². The molecule has 0 spiro atoms. The van der Waals surface area contributed by atoms with Crippen LogP contribution in [-0.2, 0) is 6.42 Å². The zero-order valence-electron chi connectivity index (χ0n) is 19.6. The summed E-state index contributed by atoms with van der Waals surface area (Å²) in [7, 11) is 0. The summed E-state index contributed by atoms with van der Waals surface area (Å²) in [6.07, 6.45) is 7.42. The van der Waals surface area contributed by atoms with Crippen molar-refractivity contribution in [2.75, 3.05) is 6.61 Å². The topological polar surface area (TPSA) is 106 Å². The highest BCUT2D eigenvalue weighted by Gasteiger charge is 2.18. The summed E-state index contributed by atoms with van der Waals surface area (Å²) < 4.78 is 26.5. The van der Waals surface area contributed by atoms with Crippen LogP contribution in [0.4, 0.5) is 4.39 Å². The number of para-hydroxylation sites is 1. The van der Waals surface area contributed by atoms with Crippen LogP contribution in [0, 0.1) is 12.7 Å². The van der Waals surface area contributed by atoms with Gasteiger partial charge in [-0.2, -0.15) is 5.10 Å². The molecule has 7 nitrogen and oxygen atoms in total. The van der Waals surface area contributed by atoms with Crippen LogP contribution in [0.2, 0.25) is 0 Å². The van der Waals surface area contributed by atoms with Gasteiger partial charge in [0.1, 0.15) is 18.2 Å². The Labute approximate surface area is 206 Å². The third kappa shape index (κ3) is 4.01. The lowest BCUT2D eigenvalue weighted by atomic mass is 9.98. The zero-order valence-corrected chi connectivity index (χ0v) is 19.6. The van der Waals surface area contributed by atoms with Gasteiger partial charge in [0.05, 0.1) is 29.9 Å². The first-order valence-electron chi connectivity index (χ1n) is 11.7. The monoisotopic (exact) mass is 481 g/mol. The van der Waals surface area contributed by atoms with E-state index in [0.717, 1.165) is 33.1 Å². The molecule has 1 unspecified atom stereocenters. The van der Waals surface area contributed by atoms with Gasteiger partial charge in [-0.3, -0.25) is 10.1 Å². The van der Waals surface area contributed by atoms with Gasteiger partial charge in [-0.15, -0.1) is 0 Å². The van der Waals surface area contributed by atoms with Crippen molar-refractivity contribution in [3.05, 3.63) is 90.5 Å². The second kappa shape index (κ2) is 8.98. The highest BCUT2D eigenvalue weighted by molar-refractivity contribution is 5.90. The highest BCUT2D eigenvalue weighted by atomic mass is 19.1. The highest BCUT2D eigenvalue weighted by Crippen LogP contribution is 2.36. The van der Waals surface area contributed by atoms with Crippen LogP contribution in [-0.4, -0.2) is 32.8 Å². The van der Waals surface area contributed by atoms with Crippen molar-refractivity contribution in [3.63, 3.8) is 0 Å². The fourth-order valence-electron chi connectivity index (χ4n) is 4.57. The van der Waals surface area contributed by atoms with Gasteiger partial charge in [0.15, 0.2) is 0 Å². The number of pyridine rings is 1. The number of aromatic amines is 2. The van der Waals surface area contributed by atoms with E-state index in [-0.39, 0.29) is 12.6 Å². The van der Waals surface area contributed by atoms with Crippen LogP contribution in [0.25, 0.3) is 44.2 Å². The number of halogens is 1. The Kier molecular flexibility index (Phi) is 5.50. The Morgan fingerprint density at radius 1 is 1.11 bits per heavy atom. The van der Waals surface area contributed by atoms with Crippen LogP contribution < -0.4 is 10.5 Å². The predicted octanol–water partition coefficient (Wildman–Crippen LogP) is 5.76. The number of benzene rings is 2. The molecular weight excluding hydrogens is 457 g/mol. The van der Waals surface area contributed by atoms with Gasteiger partial charge < -0.3 is 19.9 Å². The molecule has 6 aromatic rings. The maximum Gasteiger partial charge on any atom is 0.138 e. The lowest BCUT2D eigenvalue weighted by Crippen LogP contribution is -2.30. The second-order valence-electron chi connectivity index (χ2n) is 8.91. The fourth-order valence-corrected chi connectivity index (χ4v) is 4.57. The molecule has 6 rings (SSSR count). The van der Waals surface area contributed by atoms with Crippen molar-refractivity contribution in [1.29, 1.82) is 0 Å². The van der Waals surface area contributed by atoms with Gasteiger partial charge in [0, 0.05) is 57.0 Å². The molecule has 0 saturated heterocycles. The molecular formula is C28H24FN5O2. The molecule has 4 aromatic heterocycles. The van der Waals surface area contributed by atoms with Gasteiger partial charge in [0.2, 0.25) is 0 Å². The Bertz CT molecular complexity index is 1670. The molecule has 2 aromatic carbocycles. The first-order chi connectivity index (χ1) is 17.6. The third-order valence-electron chi connectivity index (χ3n) is 6.40. The Morgan fingerprint density at radius 3 is 2.86 bits per heavy atom.